The van der Waals surface area contributed by atoms with Gasteiger partial charge in [0.05, 0.1) is 19.8 Å². The molecule has 0 aliphatic carbocycles. The molecule has 2 aromatic carbocycles. The number of phenolic OH excluding ortho intramolecular Hbond substituents is 4. The molecule has 10 N–H and O–H groups in total. The van der Waals surface area contributed by atoms with Gasteiger partial charge in [-0.25, -0.2) is 4.79 Å². The van der Waals surface area contributed by atoms with Crippen molar-refractivity contribution in [2.24, 2.45) is 0 Å². The van der Waals surface area contributed by atoms with Gasteiger partial charge in [-0.3, -0.25) is 0 Å². The maximum Gasteiger partial charge on any atom is 0.331 e. The fourth-order valence-corrected chi connectivity index (χ4v) is 4.81. The van der Waals surface area contributed by atoms with Gasteiger partial charge in [-0.05, 0) is 47.9 Å². The number of aliphatic hydroxyl groups is 6. The molecule has 2 aromatic rings. The summed E-state index contributed by atoms with van der Waals surface area (Å²) < 4.78 is 28.0. The second-order valence-electron chi connectivity index (χ2n) is 10.4. The Kier molecular flexibility index (Phi) is 11.6. The lowest BCUT2D eigenvalue weighted by atomic mass is 9.96. The number of carbonyl (C=O) groups excluding carboxylic acids is 1. The lowest BCUT2D eigenvalue weighted by molar-refractivity contribution is -0.360. The van der Waals surface area contributed by atoms with Gasteiger partial charge in [-0.15, -0.1) is 0 Å². The van der Waals surface area contributed by atoms with E-state index in [1.54, 1.807) is 0 Å². The molecule has 0 aromatic heterocycles. The van der Waals surface area contributed by atoms with Crippen LogP contribution in [0, 0.1) is 0 Å². The summed E-state index contributed by atoms with van der Waals surface area (Å²) in [6.45, 7) is -1.65. The Hall–Kier alpha value is -3.55. The summed E-state index contributed by atoms with van der Waals surface area (Å²) in [6, 6.07) is 7.88. The van der Waals surface area contributed by atoms with Gasteiger partial charge < -0.3 is 74.7 Å². The molecular formula is C29H36O16. The van der Waals surface area contributed by atoms with E-state index in [2.05, 4.69) is 0 Å². The summed E-state index contributed by atoms with van der Waals surface area (Å²) in [5.41, 5.74) is 0.870. The molecule has 4 rings (SSSR count). The number of benzene rings is 2. The molecule has 0 radical (unpaired) electrons. The SMILES string of the molecule is O=C(/C=C/c1ccc(O)c(O)c1)O[C@H]1[C@H](O[C@H]2O[C@@H](CO)[C@H](O)[C@@H](O)[C@@H]2O)[C@@H](O)[C@H](OCCc2ccc(O)c(O)c2)O[C@@H]1CO. The number of aromatic hydroxyl groups is 4. The molecule has 45 heavy (non-hydrogen) atoms. The number of hydrogen-bond acceptors (Lipinski definition) is 16. The summed E-state index contributed by atoms with van der Waals surface area (Å²) >= 11 is 0. The van der Waals surface area contributed by atoms with Gasteiger partial charge in [0, 0.05) is 6.08 Å². The molecule has 10 atom stereocenters. The maximum atomic E-state index is 12.8. The first-order chi connectivity index (χ1) is 21.4. The summed E-state index contributed by atoms with van der Waals surface area (Å²) in [5.74, 6) is -2.50. The summed E-state index contributed by atoms with van der Waals surface area (Å²) in [5, 5.41) is 100. The number of esters is 1. The fourth-order valence-electron chi connectivity index (χ4n) is 4.81. The lowest BCUT2D eigenvalue weighted by Gasteiger charge is -2.46. The van der Waals surface area contributed by atoms with Crippen molar-refractivity contribution < 1.29 is 79.5 Å². The molecule has 2 fully saturated rings. The van der Waals surface area contributed by atoms with Gasteiger partial charge in [0.1, 0.15) is 42.7 Å². The third-order valence-corrected chi connectivity index (χ3v) is 7.31. The van der Waals surface area contributed by atoms with Crippen LogP contribution in [-0.4, -0.2) is 138 Å². The largest absolute Gasteiger partial charge is 0.504 e. The van der Waals surface area contributed by atoms with Crippen LogP contribution in [0.4, 0.5) is 0 Å². The predicted octanol–water partition coefficient (Wildman–Crippen LogP) is -2.04. The van der Waals surface area contributed by atoms with Crippen LogP contribution in [0.2, 0.25) is 0 Å². The van der Waals surface area contributed by atoms with Crippen molar-refractivity contribution in [3.63, 3.8) is 0 Å². The standard InChI is InChI=1S/C29H36O16/c30-11-19-22(37)23(38)24(39)29(42-19)45-27-25(40)28(41-8-7-14-2-5-16(33)18(35)10-14)43-20(12-31)26(27)44-21(36)6-3-13-1-4-15(32)17(34)9-13/h1-6,9-10,19-20,22-35,37-40H,7-8,11-12H2/b6-3+/t19-,20+,22-,23+,24-,25+,26+,27+,28+,29+/m0/s1. The topological polar surface area (TPSA) is 266 Å². The third-order valence-electron chi connectivity index (χ3n) is 7.31. The minimum absolute atomic E-state index is 0.108. The van der Waals surface area contributed by atoms with E-state index in [9.17, 15) is 55.9 Å². The highest BCUT2D eigenvalue weighted by atomic mass is 16.7. The Morgan fingerprint density at radius 2 is 1.38 bits per heavy atom. The Balaban J connectivity index is 1.53. The van der Waals surface area contributed by atoms with E-state index >= 15 is 0 Å². The van der Waals surface area contributed by atoms with Crippen LogP contribution < -0.4 is 0 Å². The lowest BCUT2D eigenvalue weighted by Crippen LogP contribution is -2.65. The highest BCUT2D eigenvalue weighted by Gasteiger charge is 2.52. The van der Waals surface area contributed by atoms with Gasteiger partial charge in [0.2, 0.25) is 0 Å². The molecular weight excluding hydrogens is 604 g/mol. The van der Waals surface area contributed by atoms with Gasteiger partial charge >= 0.3 is 5.97 Å². The Morgan fingerprint density at radius 3 is 2.02 bits per heavy atom. The Morgan fingerprint density at radius 1 is 0.733 bits per heavy atom. The first-order valence-electron chi connectivity index (χ1n) is 13.9. The van der Waals surface area contributed by atoms with Crippen LogP contribution in [0.25, 0.3) is 6.08 Å². The molecule has 0 amide bonds. The van der Waals surface area contributed by atoms with Crippen molar-refractivity contribution in [2.45, 2.75) is 67.8 Å². The highest BCUT2D eigenvalue weighted by molar-refractivity contribution is 5.87. The normalized spacial score (nSPS) is 32.0. The minimum atomic E-state index is -1.88. The number of ether oxygens (including phenoxy) is 5. The molecule has 0 bridgehead atoms. The van der Waals surface area contributed by atoms with E-state index in [-0.39, 0.29) is 30.3 Å². The highest BCUT2D eigenvalue weighted by Crippen LogP contribution is 2.32. The van der Waals surface area contributed by atoms with Crippen LogP contribution in [0.1, 0.15) is 11.1 Å². The van der Waals surface area contributed by atoms with E-state index in [1.165, 1.54) is 42.5 Å². The molecule has 0 saturated carbocycles. The van der Waals surface area contributed by atoms with Crippen LogP contribution in [0.3, 0.4) is 0 Å². The number of aliphatic hydroxyl groups excluding tert-OH is 6. The molecule has 16 heteroatoms. The third kappa shape index (κ3) is 8.19. The number of rotatable bonds is 11. The molecule has 2 saturated heterocycles. The van der Waals surface area contributed by atoms with E-state index in [1.807, 2.05) is 0 Å². The van der Waals surface area contributed by atoms with Crippen molar-refractivity contribution in [3.8, 4) is 23.0 Å². The van der Waals surface area contributed by atoms with Crippen molar-refractivity contribution in [3.05, 3.63) is 53.6 Å². The van der Waals surface area contributed by atoms with Crippen molar-refractivity contribution in [1.82, 2.24) is 0 Å². The predicted molar refractivity (Wildman–Crippen MR) is 149 cm³/mol. The van der Waals surface area contributed by atoms with Gasteiger partial charge in [0.25, 0.3) is 0 Å². The molecule has 16 nitrogen and oxygen atoms in total. The Labute approximate surface area is 256 Å². The van der Waals surface area contributed by atoms with Crippen LogP contribution in [-0.2, 0) is 34.9 Å². The monoisotopic (exact) mass is 640 g/mol. The quantitative estimate of drug-likeness (QED) is 0.0720. The van der Waals surface area contributed by atoms with E-state index in [0.717, 1.165) is 6.08 Å². The van der Waals surface area contributed by atoms with E-state index in [0.29, 0.717) is 11.1 Å². The minimum Gasteiger partial charge on any atom is -0.504 e. The molecule has 0 unspecified atom stereocenters. The average Bonchev–Trinajstić information content (AvgIpc) is 3.02. The zero-order valence-corrected chi connectivity index (χ0v) is 23.6. The van der Waals surface area contributed by atoms with Crippen LogP contribution in [0.5, 0.6) is 23.0 Å². The number of phenols is 4. The summed E-state index contributed by atoms with van der Waals surface area (Å²) in [6.07, 6.45) is -14.0. The molecule has 2 heterocycles. The second-order valence-corrected chi connectivity index (χ2v) is 10.4. The zero-order chi connectivity index (χ0) is 32.8. The fraction of sp³-hybridized carbons (Fsp3) is 0.483. The molecule has 2 aliphatic rings. The molecule has 0 spiro atoms. The Bertz CT molecular complexity index is 1320. The van der Waals surface area contributed by atoms with Gasteiger partial charge in [-0.1, -0.05) is 12.1 Å². The van der Waals surface area contributed by atoms with Crippen LogP contribution in [0.15, 0.2) is 42.5 Å². The van der Waals surface area contributed by atoms with E-state index in [4.69, 9.17) is 23.7 Å². The van der Waals surface area contributed by atoms with E-state index < -0.39 is 86.3 Å². The van der Waals surface area contributed by atoms with Crippen molar-refractivity contribution >= 4 is 12.0 Å². The summed E-state index contributed by atoms with van der Waals surface area (Å²) in [7, 11) is 0. The van der Waals surface area contributed by atoms with Crippen LogP contribution >= 0.6 is 0 Å². The van der Waals surface area contributed by atoms with Gasteiger partial charge in [0.15, 0.2) is 41.7 Å². The number of carbonyl (C=O) groups is 1. The smallest absolute Gasteiger partial charge is 0.331 e. The second kappa shape index (κ2) is 15.2. The molecule has 248 valence electrons. The maximum absolute atomic E-state index is 12.8. The first-order valence-corrected chi connectivity index (χ1v) is 13.9. The molecule has 2 aliphatic heterocycles. The first kappa shape index (κ1) is 34.3. The average molecular weight is 641 g/mol. The van der Waals surface area contributed by atoms with Gasteiger partial charge in [-0.2, -0.15) is 0 Å². The van der Waals surface area contributed by atoms with Crippen molar-refractivity contribution in [2.75, 3.05) is 19.8 Å². The number of hydrogen-bond donors (Lipinski definition) is 10. The summed E-state index contributed by atoms with van der Waals surface area (Å²) in [4.78, 5) is 12.8. The zero-order valence-electron chi connectivity index (χ0n) is 23.6. The van der Waals surface area contributed by atoms with Crippen molar-refractivity contribution in [1.29, 1.82) is 0 Å².